The Bertz CT molecular complexity index is 634. The van der Waals surface area contributed by atoms with Gasteiger partial charge in [0.05, 0.1) is 12.0 Å². The largest absolute Gasteiger partial charge is 0.340 e. The number of hydrogen-bond acceptors (Lipinski definition) is 2. The first-order chi connectivity index (χ1) is 11.5. The summed E-state index contributed by atoms with van der Waals surface area (Å²) in [4.78, 5) is 28.8. The predicted molar refractivity (Wildman–Crippen MR) is 89.7 cm³/mol. The second-order valence-electron chi connectivity index (χ2n) is 6.99. The molecule has 24 heavy (non-hydrogen) atoms. The molecule has 0 radical (unpaired) electrons. The number of rotatable bonds is 2. The van der Waals surface area contributed by atoms with Crippen molar-refractivity contribution in [3.05, 3.63) is 35.6 Å². The van der Waals surface area contributed by atoms with E-state index in [4.69, 9.17) is 0 Å². The smallest absolute Gasteiger partial charge is 0.228 e. The summed E-state index contributed by atoms with van der Waals surface area (Å²) < 4.78 is 14.4. The van der Waals surface area contributed by atoms with Crippen LogP contribution in [0.1, 0.15) is 50.6 Å². The van der Waals surface area contributed by atoms with Gasteiger partial charge >= 0.3 is 0 Å². The summed E-state index contributed by atoms with van der Waals surface area (Å²) in [6.07, 6.45) is 4.01. The lowest BCUT2D eigenvalue weighted by Crippen LogP contribution is -2.51. The van der Waals surface area contributed by atoms with Gasteiger partial charge in [-0.1, -0.05) is 18.2 Å². The minimum Gasteiger partial charge on any atom is -0.340 e. The molecule has 2 fully saturated rings. The van der Waals surface area contributed by atoms with Crippen LogP contribution in [0.4, 0.5) is 4.39 Å². The highest BCUT2D eigenvalue weighted by atomic mass is 19.1. The molecule has 0 aliphatic carbocycles. The minimum absolute atomic E-state index is 0.0287. The molecule has 3 atom stereocenters. The van der Waals surface area contributed by atoms with Gasteiger partial charge in [-0.15, -0.1) is 0 Å². The first kappa shape index (κ1) is 16.9. The second kappa shape index (κ2) is 6.91. The van der Waals surface area contributed by atoms with Crippen molar-refractivity contribution < 1.29 is 14.0 Å². The summed E-state index contributed by atoms with van der Waals surface area (Å²) in [6, 6.07) is 6.18. The molecule has 5 heteroatoms. The molecule has 2 aliphatic rings. The van der Waals surface area contributed by atoms with Crippen LogP contribution in [0.25, 0.3) is 0 Å². The fourth-order valence-corrected chi connectivity index (χ4v) is 4.08. The van der Waals surface area contributed by atoms with E-state index < -0.39 is 6.04 Å². The third kappa shape index (κ3) is 3.04. The Labute approximate surface area is 142 Å². The predicted octanol–water partition coefficient (Wildman–Crippen LogP) is 3.14. The molecule has 2 saturated heterocycles. The molecule has 1 aromatic carbocycles. The molecule has 4 nitrogen and oxygen atoms in total. The topological polar surface area (TPSA) is 40.6 Å². The van der Waals surface area contributed by atoms with Crippen molar-refractivity contribution in [2.24, 2.45) is 5.92 Å². The van der Waals surface area contributed by atoms with E-state index in [1.165, 1.54) is 6.07 Å². The molecular formula is C19H25FN2O2. The minimum atomic E-state index is -0.519. The zero-order valence-corrected chi connectivity index (χ0v) is 14.4. The lowest BCUT2D eigenvalue weighted by molar-refractivity contribution is -0.148. The van der Waals surface area contributed by atoms with E-state index in [1.807, 2.05) is 4.90 Å². The number of benzene rings is 1. The number of halogens is 1. The Morgan fingerprint density at radius 2 is 1.96 bits per heavy atom. The highest BCUT2D eigenvalue weighted by Crippen LogP contribution is 2.38. The van der Waals surface area contributed by atoms with E-state index in [0.29, 0.717) is 18.4 Å². The molecule has 0 bridgehead atoms. The third-order valence-electron chi connectivity index (χ3n) is 5.49. The van der Waals surface area contributed by atoms with Gasteiger partial charge in [0.15, 0.2) is 0 Å². The third-order valence-corrected chi connectivity index (χ3v) is 5.49. The van der Waals surface area contributed by atoms with Crippen molar-refractivity contribution in [2.45, 2.75) is 51.1 Å². The molecular weight excluding hydrogens is 307 g/mol. The van der Waals surface area contributed by atoms with E-state index in [9.17, 15) is 14.0 Å². The van der Waals surface area contributed by atoms with E-state index in [-0.39, 0.29) is 29.6 Å². The molecule has 3 rings (SSSR count). The van der Waals surface area contributed by atoms with Gasteiger partial charge in [0.1, 0.15) is 5.82 Å². The molecule has 2 aliphatic heterocycles. The van der Waals surface area contributed by atoms with E-state index >= 15 is 0 Å². The molecule has 0 aromatic heterocycles. The number of amides is 2. The van der Waals surface area contributed by atoms with Gasteiger partial charge in [-0.25, -0.2) is 4.39 Å². The summed E-state index contributed by atoms with van der Waals surface area (Å²) >= 11 is 0. The van der Waals surface area contributed by atoms with Gasteiger partial charge in [-0.2, -0.15) is 0 Å². The van der Waals surface area contributed by atoms with Crippen LogP contribution in [-0.2, 0) is 9.59 Å². The van der Waals surface area contributed by atoms with Crippen LogP contribution in [0.2, 0.25) is 0 Å². The Hall–Kier alpha value is -1.91. The molecule has 0 saturated carbocycles. The van der Waals surface area contributed by atoms with Gasteiger partial charge in [0.25, 0.3) is 0 Å². The monoisotopic (exact) mass is 332 g/mol. The average molecular weight is 332 g/mol. The average Bonchev–Trinajstić information content (AvgIpc) is 2.58. The van der Waals surface area contributed by atoms with Gasteiger partial charge < -0.3 is 9.80 Å². The van der Waals surface area contributed by atoms with Gasteiger partial charge in [-0.05, 0) is 38.7 Å². The molecule has 0 N–H and O–H groups in total. The highest BCUT2D eigenvalue weighted by Gasteiger charge is 2.42. The van der Waals surface area contributed by atoms with Crippen molar-refractivity contribution in [3.8, 4) is 0 Å². The van der Waals surface area contributed by atoms with Gasteiger partial charge in [0.2, 0.25) is 11.8 Å². The van der Waals surface area contributed by atoms with Gasteiger partial charge in [-0.3, -0.25) is 9.59 Å². The molecule has 1 aromatic rings. The van der Waals surface area contributed by atoms with Crippen molar-refractivity contribution >= 4 is 11.8 Å². The molecule has 2 heterocycles. The lowest BCUT2D eigenvalue weighted by Gasteiger charge is -2.43. The normalized spacial score (nSPS) is 28.1. The SMILES string of the molecule is C[C@@H]1CCCCN1C(=O)[C@@H]1CCC(=O)N(C)[C@H]1c1ccccc1F. The number of hydrogen-bond donors (Lipinski definition) is 0. The molecule has 0 unspecified atom stereocenters. The molecule has 2 amide bonds. The second-order valence-corrected chi connectivity index (χ2v) is 6.99. The number of carbonyl (C=O) groups is 2. The van der Waals surface area contributed by atoms with Crippen LogP contribution in [0.5, 0.6) is 0 Å². The van der Waals surface area contributed by atoms with Gasteiger partial charge in [0, 0.05) is 31.6 Å². The summed E-state index contributed by atoms with van der Waals surface area (Å²) in [5.41, 5.74) is 0.441. The Balaban J connectivity index is 1.93. The zero-order valence-electron chi connectivity index (χ0n) is 14.4. The van der Waals surface area contributed by atoms with Crippen molar-refractivity contribution in [3.63, 3.8) is 0 Å². The summed E-state index contributed by atoms with van der Waals surface area (Å²) in [5, 5.41) is 0. The van der Waals surface area contributed by atoms with Crippen molar-refractivity contribution in [2.75, 3.05) is 13.6 Å². The highest BCUT2D eigenvalue weighted by molar-refractivity contribution is 5.85. The molecule has 0 spiro atoms. The number of piperidine rings is 2. The van der Waals surface area contributed by atoms with E-state index in [0.717, 1.165) is 25.8 Å². The first-order valence-corrected chi connectivity index (χ1v) is 8.81. The summed E-state index contributed by atoms with van der Waals surface area (Å²) in [7, 11) is 1.68. The van der Waals surface area contributed by atoms with Crippen LogP contribution in [0, 0.1) is 11.7 Å². The quantitative estimate of drug-likeness (QED) is 0.835. The van der Waals surface area contributed by atoms with E-state index in [2.05, 4.69) is 6.92 Å². The fourth-order valence-electron chi connectivity index (χ4n) is 4.08. The Morgan fingerprint density at radius 3 is 2.67 bits per heavy atom. The molecule has 130 valence electrons. The van der Waals surface area contributed by atoms with Crippen LogP contribution < -0.4 is 0 Å². The lowest BCUT2D eigenvalue weighted by atomic mass is 9.82. The maximum absolute atomic E-state index is 14.4. The van der Waals surface area contributed by atoms with Crippen molar-refractivity contribution in [1.82, 2.24) is 9.80 Å². The van der Waals surface area contributed by atoms with Crippen LogP contribution in [-0.4, -0.2) is 41.2 Å². The summed E-state index contributed by atoms with van der Waals surface area (Å²) in [5.74, 6) is -0.688. The Morgan fingerprint density at radius 1 is 1.21 bits per heavy atom. The van der Waals surface area contributed by atoms with Crippen LogP contribution in [0.3, 0.4) is 0 Å². The zero-order chi connectivity index (χ0) is 17.3. The standard InChI is InChI=1S/C19H25FN2O2/c1-13-7-5-6-12-22(13)19(24)15-10-11-17(23)21(2)18(15)14-8-3-4-9-16(14)20/h3-4,8-9,13,15,18H,5-7,10-12H2,1-2H3/t13-,15-,18+/m1/s1. The number of likely N-dealkylation sites (tertiary alicyclic amines) is 2. The van der Waals surface area contributed by atoms with Crippen molar-refractivity contribution in [1.29, 1.82) is 0 Å². The van der Waals surface area contributed by atoms with Crippen LogP contribution >= 0.6 is 0 Å². The van der Waals surface area contributed by atoms with E-state index in [1.54, 1.807) is 30.1 Å². The van der Waals surface area contributed by atoms with Crippen LogP contribution in [0.15, 0.2) is 24.3 Å². The summed E-state index contributed by atoms with van der Waals surface area (Å²) in [6.45, 7) is 2.84. The Kier molecular flexibility index (Phi) is 4.88. The fraction of sp³-hybridized carbons (Fsp3) is 0.579. The first-order valence-electron chi connectivity index (χ1n) is 8.81. The maximum Gasteiger partial charge on any atom is 0.228 e. The maximum atomic E-state index is 14.4. The number of nitrogens with zero attached hydrogens (tertiary/aromatic N) is 2. The number of carbonyl (C=O) groups excluding carboxylic acids is 2.